The molecule has 5 heterocycles. The molecule has 0 saturated carbocycles. The molecule has 7 rings (SSSR count). The van der Waals surface area contributed by atoms with Gasteiger partial charge >= 0.3 is 5.97 Å². The Kier molecular flexibility index (Phi) is 9.57. The number of ether oxygens (including phenoxy) is 4. The van der Waals surface area contributed by atoms with Crippen molar-refractivity contribution in [1.82, 2.24) is 9.38 Å². The van der Waals surface area contributed by atoms with E-state index in [0.29, 0.717) is 54.1 Å². The van der Waals surface area contributed by atoms with Gasteiger partial charge in [0.15, 0.2) is 17.7 Å². The molecule has 2 aromatic heterocycles. The number of methoxy groups -OCH3 is 1. The van der Waals surface area contributed by atoms with Gasteiger partial charge in [0.2, 0.25) is 0 Å². The van der Waals surface area contributed by atoms with Crippen LogP contribution in [0.2, 0.25) is 0 Å². The lowest BCUT2D eigenvalue weighted by molar-refractivity contribution is -0.164. The fraction of sp³-hybridized carbons (Fsp3) is 0.436. The monoisotopic (exact) mass is 673 g/mol. The zero-order valence-corrected chi connectivity index (χ0v) is 29.3. The van der Waals surface area contributed by atoms with Crippen LogP contribution >= 0.6 is 0 Å². The van der Waals surface area contributed by atoms with Crippen molar-refractivity contribution in [3.63, 3.8) is 0 Å². The van der Waals surface area contributed by atoms with Gasteiger partial charge in [0.05, 0.1) is 42.3 Å². The Bertz CT molecular complexity index is 1890. The third kappa shape index (κ3) is 7.21. The summed E-state index contributed by atoms with van der Waals surface area (Å²) in [5.41, 5.74) is 3.07. The standard InChI is InChI=1S/C39H45F2N3O5/c1-24-21-31-42-29-23-44(31)36(32(24)35(37(45)46-7)49-38(3,4)5)43-18-16-39(6,17-19-43)47-20-9-8-11-25(2)48-30-15-14-28(40)34(41)33(30)27-13-10-12-26(29)22-27/h8-10,12-15,21-23,25,35H,11,16-20H2,1-7H3/t25-,35-/m0/s1. The van der Waals surface area contributed by atoms with Crippen LogP contribution in [0.3, 0.4) is 0 Å². The van der Waals surface area contributed by atoms with Crippen molar-refractivity contribution in [2.75, 3.05) is 31.7 Å². The molecule has 3 aliphatic heterocycles. The summed E-state index contributed by atoms with van der Waals surface area (Å²) in [6, 6.07) is 11.7. The lowest BCUT2D eigenvalue weighted by atomic mass is 9.92. The van der Waals surface area contributed by atoms with E-state index in [1.165, 1.54) is 13.2 Å². The molecule has 0 N–H and O–H groups in total. The quantitative estimate of drug-likeness (QED) is 0.160. The Labute approximate surface area is 286 Å². The molecule has 6 bridgehead atoms. The lowest BCUT2D eigenvalue weighted by Gasteiger charge is -2.41. The number of hydrogen-bond acceptors (Lipinski definition) is 7. The van der Waals surface area contributed by atoms with Gasteiger partial charge in [-0.2, -0.15) is 0 Å². The van der Waals surface area contributed by atoms with Crippen molar-refractivity contribution >= 4 is 17.4 Å². The van der Waals surface area contributed by atoms with Gasteiger partial charge in [-0.3, -0.25) is 4.40 Å². The van der Waals surface area contributed by atoms with Crippen molar-refractivity contribution in [2.45, 2.75) is 84.2 Å². The molecule has 10 heteroatoms. The first-order valence-electron chi connectivity index (χ1n) is 16.8. The van der Waals surface area contributed by atoms with E-state index in [0.717, 1.165) is 30.3 Å². The number of carbonyl (C=O) groups is 1. The molecule has 0 unspecified atom stereocenters. The maximum absolute atomic E-state index is 15.5. The topological polar surface area (TPSA) is 74.5 Å². The van der Waals surface area contributed by atoms with Crippen LogP contribution in [0.1, 0.15) is 71.1 Å². The van der Waals surface area contributed by atoms with Crippen LogP contribution < -0.4 is 9.64 Å². The summed E-state index contributed by atoms with van der Waals surface area (Å²) in [6.45, 7) is 13.5. The van der Waals surface area contributed by atoms with E-state index in [9.17, 15) is 9.18 Å². The number of nitrogens with zero attached hydrogens (tertiary/aromatic N) is 3. The smallest absolute Gasteiger partial charge is 0.339 e. The molecule has 4 aromatic rings. The lowest BCUT2D eigenvalue weighted by Crippen LogP contribution is -2.45. The van der Waals surface area contributed by atoms with Gasteiger partial charge in [0.1, 0.15) is 17.2 Å². The van der Waals surface area contributed by atoms with Crippen LogP contribution in [-0.2, 0) is 19.0 Å². The van der Waals surface area contributed by atoms with E-state index >= 15 is 4.39 Å². The first kappa shape index (κ1) is 34.6. The van der Waals surface area contributed by atoms with Gasteiger partial charge in [-0.15, -0.1) is 0 Å². The molecule has 49 heavy (non-hydrogen) atoms. The molecule has 3 aliphatic rings. The number of esters is 1. The van der Waals surface area contributed by atoms with Crippen LogP contribution in [-0.4, -0.2) is 59.5 Å². The third-order valence-electron chi connectivity index (χ3n) is 9.24. The summed E-state index contributed by atoms with van der Waals surface area (Å²) in [7, 11) is 1.37. The SMILES string of the molecule is COC(=O)[C@@H](OC(C)(C)C)c1c(C)cc2nc3cn2c1N1CCC(C)(CC1)OCC=CC[C@H](C)Oc1ccc(F)c(F)c1-c1cccc-3c1. The van der Waals surface area contributed by atoms with E-state index in [2.05, 4.69) is 11.8 Å². The highest BCUT2D eigenvalue weighted by Crippen LogP contribution is 2.41. The summed E-state index contributed by atoms with van der Waals surface area (Å²) >= 11 is 0. The summed E-state index contributed by atoms with van der Waals surface area (Å²) in [5, 5.41) is 0. The van der Waals surface area contributed by atoms with Crippen LogP contribution in [0.15, 0.2) is 60.8 Å². The van der Waals surface area contributed by atoms with Crippen LogP contribution in [0.5, 0.6) is 5.75 Å². The van der Waals surface area contributed by atoms with E-state index in [1.54, 1.807) is 18.2 Å². The number of piperidine rings is 1. The number of halogens is 2. The fourth-order valence-corrected chi connectivity index (χ4v) is 6.65. The third-order valence-corrected chi connectivity index (χ3v) is 9.24. The number of benzene rings is 2. The number of rotatable bonds is 3. The average molecular weight is 674 g/mol. The highest BCUT2D eigenvalue weighted by Gasteiger charge is 2.37. The Hall–Kier alpha value is -4.28. The van der Waals surface area contributed by atoms with Gasteiger partial charge in [-0.25, -0.2) is 18.6 Å². The minimum atomic E-state index is -0.990. The average Bonchev–Trinajstić information content (AvgIpc) is 3.48. The van der Waals surface area contributed by atoms with Gasteiger partial charge in [0.25, 0.3) is 0 Å². The number of anilines is 1. The number of pyridine rings is 1. The number of hydrogen-bond donors (Lipinski definition) is 0. The second kappa shape index (κ2) is 13.6. The Morgan fingerprint density at radius 1 is 1.08 bits per heavy atom. The molecule has 0 spiro atoms. The van der Waals surface area contributed by atoms with E-state index in [-0.39, 0.29) is 23.0 Å². The maximum Gasteiger partial charge on any atom is 0.339 e. The number of aryl methyl sites for hydroxylation is 1. The largest absolute Gasteiger partial charge is 0.490 e. The molecule has 8 nitrogen and oxygen atoms in total. The molecular weight excluding hydrogens is 628 g/mol. The van der Waals surface area contributed by atoms with Crippen LogP contribution in [0.4, 0.5) is 14.6 Å². The number of fused-ring (bicyclic) bond motifs is 7. The molecule has 0 aliphatic carbocycles. The summed E-state index contributed by atoms with van der Waals surface area (Å²) in [5.74, 6) is -1.38. The maximum atomic E-state index is 15.5. The van der Waals surface area contributed by atoms with Gasteiger partial charge in [0, 0.05) is 36.8 Å². The number of imidazole rings is 1. The minimum absolute atomic E-state index is 0.0506. The molecule has 260 valence electrons. The van der Waals surface area contributed by atoms with Gasteiger partial charge in [-0.05, 0) is 89.8 Å². The Morgan fingerprint density at radius 2 is 1.82 bits per heavy atom. The van der Waals surface area contributed by atoms with Crippen molar-refractivity contribution < 1.29 is 32.5 Å². The fourth-order valence-electron chi connectivity index (χ4n) is 6.65. The second-order valence-corrected chi connectivity index (χ2v) is 14.3. The Balaban J connectivity index is 1.57. The van der Waals surface area contributed by atoms with Crippen LogP contribution in [0.25, 0.3) is 28.0 Å². The molecular formula is C39H45F2N3O5. The first-order valence-corrected chi connectivity index (χ1v) is 16.8. The molecule has 2 aromatic carbocycles. The second-order valence-electron chi connectivity index (χ2n) is 14.3. The minimum Gasteiger partial charge on any atom is -0.490 e. The van der Waals surface area contributed by atoms with E-state index in [4.69, 9.17) is 23.9 Å². The van der Waals surface area contributed by atoms with Gasteiger partial charge in [-0.1, -0.05) is 30.4 Å². The highest BCUT2D eigenvalue weighted by molar-refractivity contribution is 5.82. The summed E-state index contributed by atoms with van der Waals surface area (Å²) in [6.07, 6.45) is 6.70. The molecule has 0 radical (unpaired) electrons. The molecule has 0 amide bonds. The summed E-state index contributed by atoms with van der Waals surface area (Å²) < 4.78 is 56.5. The normalized spacial score (nSPS) is 20.6. The number of aromatic nitrogens is 2. The summed E-state index contributed by atoms with van der Waals surface area (Å²) in [4.78, 5) is 20.7. The van der Waals surface area contributed by atoms with Crippen molar-refractivity contribution in [3.05, 3.63) is 83.6 Å². The van der Waals surface area contributed by atoms with Crippen molar-refractivity contribution in [1.29, 1.82) is 0 Å². The zero-order valence-electron chi connectivity index (χ0n) is 29.3. The molecule has 1 fully saturated rings. The molecule has 1 saturated heterocycles. The Morgan fingerprint density at radius 3 is 2.53 bits per heavy atom. The zero-order chi connectivity index (χ0) is 35.1. The molecule has 2 atom stereocenters. The predicted octanol–water partition coefficient (Wildman–Crippen LogP) is 8.39. The van der Waals surface area contributed by atoms with Gasteiger partial charge < -0.3 is 23.8 Å². The number of carbonyl (C=O) groups excluding carboxylic acids is 1. The van der Waals surface area contributed by atoms with E-state index in [1.807, 2.05) is 69.5 Å². The van der Waals surface area contributed by atoms with Crippen molar-refractivity contribution in [3.8, 4) is 28.1 Å². The van der Waals surface area contributed by atoms with E-state index < -0.39 is 29.3 Å². The van der Waals surface area contributed by atoms with Crippen molar-refractivity contribution in [2.24, 2.45) is 0 Å². The first-order chi connectivity index (χ1) is 23.3. The predicted molar refractivity (Wildman–Crippen MR) is 186 cm³/mol. The van der Waals surface area contributed by atoms with Crippen LogP contribution in [0, 0.1) is 18.6 Å². The highest BCUT2D eigenvalue weighted by atomic mass is 19.2.